The van der Waals surface area contributed by atoms with Gasteiger partial charge >= 0.3 is 0 Å². The van der Waals surface area contributed by atoms with Crippen LogP contribution in [-0.4, -0.2) is 48.9 Å². The van der Waals surface area contributed by atoms with Gasteiger partial charge in [-0.05, 0) is 75.2 Å². The van der Waals surface area contributed by atoms with Crippen molar-refractivity contribution in [1.82, 2.24) is 4.90 Å². The van der Waals surface area contributed by atoms with Crippen LogP contribution in [0.3, 0.4) is 0 Å². The van der Waals surface area contributed by atoms with Gasteiger partial charge in [-0.3, -0.25) is 4.90 Å². The van der Waals surface area contributed by atoms with Crippen LogP contribution in [0.5, 0.6) is 5.75 Å². The van der Waals surface area contributed by atoms with E-state index in [1.165, 1.54) is 19.3 Å². The lowest BCUT2D eigenvalue weighted by molar-refractivity contribution is -0.0724. The van der Waals surface area contributed by atoms with E-state index in [0.717, 1.165) is 50.4 Å². The van der Waals surface area contributed by atoms with Crippen LogP contribution in [0.1, 0.15) is 44.6 Å². The zero-order valence-corrected chi connectivity index (χ0v) is 19.9. The number of aliphatic hydroxyl groups is 1. The highest BCUT2D eigenvalue weighted by Gasteiger charge is 2.44. The molecule has 0 aromatic heterocycles. The van der Waals surface area contributed by atoms with Gasteiger partial charge in [-0.25, -0.2) is 5.90 Å². The second-order valence-corrected chi connectivity index (χ2v) is 9.39. The predicted molar refractivity (Wildman–Crippen MR) is 133 cm³/mol. The molecule has 1 saturated heterocycles. The number of ether oxygens (including phenoxy) is 1. The van der Waals surface area contributed by atoms with Crippen molar-refractivity contribution < 1.29 is 14.7 Å². The van der Waals surface area contributed by atoms with Crippen LogP contribution in [0.15, 0.2) is 60.7 Å². The third kappa shape index (κ3) is 7.26. The molecule has 1 saturated carbocycles. The van der Waals surface area contributed by atoms with Crippen molar-refractivity contribution >= 4 is 0 Å². The molecule has 0 bridgehead atoms. The lowest BCUT2D eigenvalue weighted by Gasteiger charge is -2.44. The van der Waals surface area contributed by atoms with Crippen molar-refractivity contribution in [2.24, 2.45) is 23.5 Å². The van der Waals surface area contributed by atoms with E-state index < -0.39 is 5.60 Å². The normalized spacial score (nSPS) is 20.1. The number of hydrogen-bond acceptors (Lipinski definition) is 6. The molecular weight excluding hydrogens is 414 g/mol. The summed E-state index contributed by atoms with van der Waals surface area (Å²) in [5.74, 6) is 7.01. The van der Waals surface area contributed by atoms with E-state index in [4.69, 9.17) is 21.2 Å². The topological polar surface area (TPSA) is 94.0 Å². The van der Waals surface area contributed by atoms with E-state index in [-0.39, 0.29) is 6.04 Å². The molecule has 1 aliphatic heterocycles. The highest BCUT2D eigenvalue weighted by Crippen LogP contribution is 2.43. The Morgan fingerprint density at radius 1 is 1.00 bits per heavy atom. The van der Waals surface area contributed by atoms with Crippen molar-refractivity contribution in [2.75, 3.05) is 32.8 Å². The number of likely N-dealkylation sites (tertiary alicyclic amines) is 1. The van der Waals surface area contributed by atoms with Crippen molar-refractivity contribution in [3.05, 3.63) is 66.2 Å². The molecule has 0 amide bonds. The molecule has 0 spiro atoms. The Bertz CT molecular complexity index is 778. The van der Waals surface area contributed by atoms with E-state index in [0.29, 0.717) is 18.4 Å². The second-order valence-electron chi connectivity index (χ2n) is 9.39. The van der Waals surface area contributed by atoms with Gasteiger partial charge in [-0.2, -0.15) is 0 Å². The van der Waals surface area contributed by atoms with E-state index >= 15 is 0 Å². The summed E-state index contributed by atoms with van der Waals surface area (Å²) in [6, 6.07) is 19.6. The van der Waals surface area contributed by atoms with Gasteiger partial charge in [0.25, 0.3) is 0 Å². The molecule has 0 radical (unpaired) electrons. The number of nitrogens with zero attached hydrogens (tertiary/aromatic N) is 1. The minimum atomic E-state index is -0.834. The molecule has 4 rings (SSSR count). The molecule has 2 aromatic carbocycles. The maximum absolute atomic E-state index is 10.8. The quantitative estimate of drug-likeness (QED) is 0.499. The molecule has 1 aliphatic carbocycles. The summed E-state index contributed by atoms with van der Waals surface area (Å²) in [6.07, 6.45) is 5.73. The van der Waals surface area contributed by atoms with Crippen LogP contribution >= 0.6 is 0 Å². The highest BCUT2D eigenvalue weighted by molar-refractivity contribution is 5.26. The van der Waals surface area contributed by atoms with Crippen LogP contribution in [0, 0.1) is 11.8 Å². The number of hydrogen-bond donors (Lipinski definition) is 3. The van der Waals surface area contributed by atoms with Gasteiger partial charge in [0, 0.05) is 12.6 Å². The number of rotatable bonds is 9. The molecule has 2 fully saturated rings. The fraction of sp³-hybridized carbons (Fsp3) is 0.556. The monoisotopic (exact) mass is 455 g/mol. The maximum Gasteiger partial charge on any atom is 0.119 e. The summed E-state index contributed by atoms with van der Waals surface area (Å²) in [5.41, 5.74) is 6.09. The van der Waals surface area contributed by atoms with Crippen molar-refractivity contribution in [1.29, 1.82) is 0 Å². The third-order valence-electron chi connectivity index (χ3n) is 7.12. The third-order valence-corrected chi connectivity index (χ3v) is 7.12. The summed E-state index contributed by atoms with van der Waals surface area (Å²) in [5, 5.41) is 10.8. The van der Waals surface area contributed by atoms with E-state index in [2.05, 4.69) is 4.90 Å². The minimum absolute atomic E-state index is 0.217. The van der Waals surface area contributed by atoms with E-state index in [9.17, 15) is 5.11 Å². The fourth-order valence-corrected chi connectivity index (χ4v) is 4.75. The van der Waals surface area contributed by atoms with Crippen LogP contribution in [0.4, 0.5) is 0 Å². The SMILES string of the molecule is CC(N)C(O)(c1ccccc1)C1CCC1.NOCC1CCN(CCOc2ccccc2)CC1. The first kappa shape index (κ1) is 25.7. The van der Waals surface area contributed by atoms with Gasteiger partial charge < -0.3 is 20.4 Å². The lowest BCUT2D eigenvalue weighted by atomic mass is 9.67. The molecule has 6 nitrogen and oxygen atoms in total. The minimum Gasteiger partial charge on any atom is -0.492 e. The number of benzene rings is 2. The Labute approximate surface area is 198 Å². The molecule has 2 unspecified atom stereocenters. The molecular formula is C27H41N3O3. The Morgan fingerprint density at radius 2 is 1.61 bits per heavy atom. The van der Waals surface area contributed by atoms with Gasteiger partial charge in [0.05, 0.1) is 6.61 Å². The largest absolute Gasteiger partial charge is 0.492 e. The van der Waals surface area contributed by atoms with Crippen LogP contribution in [0.2, 0.25) is 0 Å². The summed E-state index contributed by atoms with van der Waals surface area (Å²) in [7, 11) is 0. The van der Waals surface area contributed by atoms with Crippen molar-refractivity contribution in [3.63, 3.8) is 0 Å². The van der Waals surface area contributed by atoms with Gasteiger partial charge in [-0.1, -0.05) is 55.0 Å². The van der Waals surface area contributed by atoms with Gasteiger partial charge in [0.15, 0.2) is 0 Å². The number of nitrogens with two attached hydrogens (primary N) is 2. The van der Waals surface area contributed by atoms with E-state index in [1.54, 1.807) is 0 Å². The summed E-state index contributed by atoms with van der Waals surface area (Å²) in [6.45, 7) is 6.56. The smallest absolute Gasteiger partial charge is 0.119 e. The predicted octanol–water partition coefficient (Wildman–Crippen LogP) is 3.69. The Hall–Kier alpha value is -1.96. The van der Waals surface area contributed by atoms with E-state index in [1.807, 2.05) is 67.6 Å². The standard InChI is InChI=1S/C14H22N2O2.C13H19NO/c15-18-12-13-6-8-16(9-7-13)10-11-17-14-4-2-1-3-5-14;1-10(14)13(15,12-8-5-9-12)11-6-3-2-4-7-11/h1-5,13H,6-12,15H2;2-4,6-7,10,12,15H,5,8-9,14H2,1H3. The zero-order valence-electron chi connectivity index (χ0n) is 19.9. The molecule has 182 valence electrons. The Morgan fingerprint density at radius 3 is 2.12 bits per heavy atom. The molecule has 2 aliphatic rings. The average molecular weight is 456 g/mol. The molecule has 2 atom stereocenters. The van der Waals surface area contributed by atoms with Crippen molar-refractivity contribution in [2.45, 2.75) is 50.7 Å². The van der Waals surface area contributed by atoms with Crippen LogP contribution in [0.25, 0.3) is 0 Å². The first-order valence-electron chi connectivity index (χ1n) is 12.3. The summed E-state index contributed by atoms with van der Waals surface area (Å²) < 4.78 is 5.70. The Balaban J connectivity index is 0.000000189. The second kappa shape index (κ2) is 13.1. The van der Waals surface area contributed by atoms with Gasteiger partial charge in [-0.15, -0.1) is 0 Å². The molecule has 2 aromatic rings. The Kier molecular flexibility index (Phi) is 10.2. The van der Waals surface area contributed by atoms with Gasteiger partial charge in [0.2, 0.25) is 0 Å². The van der Waals surface area contributed by atoms with Crippen LogP contribution < -0.4 is 16.4 Å². The van der Waals surface area contributed by atoms with Crippen LogP contribution in [-0.2, 0) is 10.4 Å². The average Bonchev–Trinajstić information content (AvgIpc) is 2.81. The summed E-state index contributed by atoms with van der Waals surface area (Å²) >= 11 is 0. The first-order valence-corrected chi connectivity index (χ1v) is 12.3. The molecule has 6 heteroatoms. The number of piperidine rings is 1. The summed E-state index contributed by atoms with van der Waals surface area (Å²) in [4.78, 5) is 7.15. The maximum atomic E-state index is 10.8. The highest BCUT2D eigenvalue weighted by atomic mass is 16.6. The first-order chi connectivity index (χ1) is 16.0. The van der Waals surface area contributed by atoms with Crippen molar-refractivity contribution in [3.8, 4) is 5.75 Å². The molecule has 5 N–H and O–H groups in total. The molecule has 1 heterocycles. The van der Waals surface area contributed by atoms with Gasteiger partial charge in [0.1, 0.15) is 18.0 Å². The molecule has 33 heavy (non-hydrogen) atoms. The fourth-order valence-electron chi connectivity index (χ4n) is 4.75. The lowest BCUT2D eigenvalue weighted by Crippen LogP contribution is -2.51. The zero-order chi connectivity index (χ0) is 23.5. The number of para-hydroxylation sites is 1.